The molecule has 1 aliphatic rings. The topological polar surface area (TPSA) is 33.3 Å². The second-order valence-electron chi connectivity index (χ2n) is 6.68. The summed E-state index contributed by atoms with van der Waals surface area (Å²) in [4.78, 5) is 0. The lowest BCUT2D eigenvalue weighted by Gasteiger charge is -2.17. The highest BCUT2D eigenvalue weighted by Gasteiger charge is 2.38. The number of anilines is 1. The van der Waals surface area contributed by atoms with Crippen molar-refractivity contribution in [2.75, 3.05) is 18.5 Å². The third-order valence-electron chi connectivity index (χ3n) is 4.55. The molecule has 1 aliphatic heterocycles. The Bertz CT molecular complexity index is 883. The number of rotatable bonds is 7. The van der Waals surface area contributed by atoms with Gasteiger partial charge in [0.2, 0.25) is 0 Å². The average Bonchev–Trinajstić information content (AvgIpc) is 3.23. The average molecular weight is 471 g/mol. The molecule has 2 atom stereocenters. The summed E-state index contributed by atoms with van der Waals surface area (Å²) in [6, 6.07) is 31.5. The van der Waals surface area contributed by atoms with E-state index in [9.17, 15) is 0 Å². The summed E-state index contributed by atoms with van der Waals surface area (Å²) in [5.74, 6) is 0. The summed E-state index contributed by atoms with van der Waals surface area (Å²) < 4.78 is 6.25. The summed E-state index contributed by atoms with van der Waals surface area (Å²) in [6.07, 6.45) is 0. The van der Waals surface area contributed by atoms with E-state index in [0.717, 1.165) is 5.69 Å². The zero-order valence-electron chi connectivity index (χ0n) is 16.3. The third-order valence-corrected chi connectivity index (χ3v) is 11.8. The standard InChI is InChI=1S/C23H23N2OPS3/c28-23(25-20-14-8-3-9-15-20)24-16-17-26-27-29-21(18-10-4-1-5-11-18)22(30-27)19-12-6-2-7-13-19/h1-15,21-22H,16-17H2,(H2,24,25,28)/t21-,22-/m1/s1. The van der Waals surface area contributed by atoms with Gasteiger partial charge in [0.1, 0.15) is 0 Å². The van der Waals surface area contributed by atoms with Crippen LogP contribution in [0, 0.1) is 0 Å². The van der Waals surface area contributed by atoms with Crippen LogP contribution < -0.4 is 10.6 Å². The molecule has 0 bridgehead atoms. The summed E-state index contributed by atoms with van der Waals surface area (Å²) in [5.41, 5.74) is 3.71. The van der Waals surface area contributed by atoms with E-state index in [-0.39, 0.29) is 0 Å². The fourth-order valence-corrected chi connectivity index (χ4v) is 11.7. The molecule has 0 amide bonds. The molecular weight excluding hydrogens is 447 g/mol. The minimum absolute atomic E-state index is 0.401. The first kappa shape index (κ1) is 21.7. The van der Waals surface area contributed by atoms with Gasteiger partial charge in [0.05, 0.1) is 17.1 Å². The molecule has 30 heavy (non-hydrogen) atoms. The van der Waals surface area contributed by atoms with Crippen LogP contribution in [-0.4, -0.2) is 18.3 Å². The normalized spacial score (nSPS) is 18.8. The fraction of sp³-hybridized carbons (Fsp3) is 0.174. The van der Waals surface area contributed by atoms with Crippen LogP contribution in [0.1, 0.15) is 21.6 Å². The van der Waals surface area contributed by atoms with Crippen molar-refractivity contribution in [1.82, 2.24) is 5.32 Å². The predicted octanol–water partition coefficient (Wildman–Crippen LogP) is 7.18. The van der Waals surface area contributed by atoms with Crippen LogP contribution >= 0.6 is 41.5 Å². The van der Waals surface area contributed by atoms with Crippen molar-refractivity contribution in [2.45, 2.75) is 10.5 Å². The van der Waals surface area contributed by atoms with Crippen molar-refractivity contribution in [1.29, 1.82) is 0 Å². The van der Waals surface area contributed by atoms with Crippen molar-refractivity contribution in [3.63, 3.8) is 0 Å². The number of nitrogens with one attached hydrogen (secondary N) is 2. The van der Waals surface area contributed by atoms with Crippen LogP contribution in [0.2, 0.25) is 0 Å². The number of thiocarbonyl (C=S) groups is 1. The van der Waals surface area contributed by atoms with Gasteiger partial charge in [-0.1, -0.05) is 102 Å². The van der Waals surface area contributed by atoms with E-state index in [0.29, 0.717) is 28.8 Å². The van der Waals surface area contributed by atoms with Gasteiger partial charge in [0.15, 0.2) is 11.7 Å². The number of benzene rings is 3. The number of para-hydroxylation sites is 1. The fourth-order valence-electron chi connectivity index (χ4n) is 3.12. The minimum atomic E-state index is -0.620. The molecule has 2 N–H and O–H groups in total. The SMILES string of the molecule is S=C(NCCOP1S[C@H](c2ccccc2)[C@@H](c2ccccc2)S1)Nc1ccccc1. The maximum absolute atomic E-state index is 6.25. The third kappa shape index (κ3) is 5.99. The Labute approximate surface area is 192 Å². The first-order valence-corrected chi connectivity index (χ1v) is 14.4. The van der Waals surface area contributed by atoms with Crippen LogP contribution in [0.3, 0.4) is 0 Å². The Morgan fingerprint density at radius 1 is 0.800 bits per heavy atom. The molecule has 154 valence electrons. The smallest absolute Gasteiger partial charge is 0.170 e. The first-order chi connectivity index (χ1) is 14.8. The van der Waals surface area contributed by atoms with Gasteiger partial charge >= 0.3 is 0 Å². The van der Waals surface area contributed by atoms with Gasteiger partial charge in [0.25, 0.3) is 0 Å². The molecule has 7 heteroatoms. The summed E-state index contributed by atoms with van der Waals surface area (Å²) in [5, 5.41) is 7.84. The second kappa shape index (κ2) is 11.2. The lowest BCUT2D eigenvalue weighted by atomic mass is 10.0. The minimum Gasteiger partial charge on any atom is -0.360 e. The van der Waals surface area contributed by atoms with E-state index in [1.807, 2.05) is 53.1 Å². The zero-order valence-corrected chi connectivity index (χ0v) is 19.7. The molecule has 3 aromatic carbocycles. The van der Waals surface area contributed by atoms with E-state index in [1.165, 1.54) is 11.1 Å². The zero-order chi connectivity index (χ0) is 20.6. The summed E-state index contributed by atoms with van der Waals surface area (Å²) >= 11 is 9.28. The second-order valence-corrected chi connectivity index (χ2v) is 13.2. The van der Waals surface area contributed by atoms with E-state index in [2.05, 4.69) is 71.3 Å². The molecule has 0 spiro atoms. The molecule has 0 aromatic heterocycles. The number of hydrogen-bond donors (Lipinski definition) is 2. The van der Waals surface area contributed by atoms with Crippen LogP contribution in [0.15, 0.2) is 91.0 Å². The van der Waals surface area contributed by atoms with Crippen LogP contribution in [0.4, 0.5) is 5.69 Å². The van der Waals surface area contributed by atoms with Gasteiger partial charge < -0.3 is 15.2 Å². The summed E-state index contributed by atoms with van der Waals surface area (Å²) in [6.45, 7) is 0.695. The first-order valence-electron chi connectivity index (χ1n) is 9.76. The highest BCUT2D eigenvalue weighted by atomic mass is 33.1. The van der Waals surface area contributed by atoms with Gasteiger partial charge in [-0.25, -0.2) is 0 Å². The molecular formula is C23H23N2OPS3. The Morgan fingerprint density at radius 3 is 1.83 bits per heavy atom. The van der Waals surface area contributed by atoms with Crippen molar-refractivity contribution in [2.24, 2.45) is 0 Å². The highest BCUT2D eigenvalue weighted by Crippen LogP contribution is 2.80. The van der Waals surface area contributed by atoms with E-state index in [1.54, 1.807) is 0 Å². The van der Waals surface area contributed by atoms with E-state index >= 15 is 0 Å². The maximum atomic E-state index is 6.25. The van der Waals surface area contributed by atoms with Crippen molar-refractivity contribution in [3.8, 4) is 0 Å². The van der Waals surface area contributed by atoms with Crippen LogP contribution in [0.25, 0.3) is 0 Å². The maximum Gasteiger partial charge on any atom is 0.170 e. The van der Waals surface area contributed by atoms with Gasteiger partial charge in [-0.05, 0) is 35.5 Å². The van der Waals surface area contributed by atoms with Gasteiger partial charge in [-0.2, -0.15) is 0 Å². The van der Waals surface area contributed by atoms with E-state index < -0.39 is 6.55 Å². The molecule has 0 unspecified atom stereocenters. The quantitative estimate of drug-likeness (QED) is 0.216. The molecule has 0 radical (unpaired) electrons. The molecule has 1 saturated heterocycles. The van der Waals surface area contributed by atoms with Gasteiger partial charge in [0, 0.05) is 12.2 Å². The lowest BCUT2D eigenvalue weighted by Crippen LogP contribution is -2.30. The Hall–Kier alpha value is -1.56. The Balaban J connectivity index is 1.30. The summed E-state index contributed by atoms with van der Waals surface area (Å²) in [7, 11) is 0. The molecule has 1 fully saturated rings. The molecule has 0 aliphatic carbocycles. The lowest BCUT2D eigenvalue weighted by molar-refractivity contribution is 0.372. The van der Waals surface area contributed by atoms with Gasteiger partial charge in [-0.3, -0.25) is 0 Å². The van der Waals surface area contributed by atoms with Crippen molar-refractivity contribution >= 4 is 52.3 Å². The predicted molar refractivity (Wildman–Crippen MR) is 137 cm³/mol. The van der Waals surface area contributed by atoms with Crippen LogP contribution in [0.5, 0.6) is 0 Å². The van der Waals surface area contributed by atoms with Gasteiger partial charge in [-0.15, -0.1) is 0 Å². The molecule has 1 heterocycles. The largest absolute Gasteiger partial charge is 0.360 e. The molecule has 0 saturated carbocycles. The highest BCUT2D eigenvalue weighted by molar-refractivity contribution is 8.88. The molecule has 3 nitrogen and oxygen atoms in total. The number of hydrogen-bond acceptors (Lipinski definition) is 4. The molecule has 3 aromatic rings. The molecule has 4 rings (SSSR count). The Kier molecular flexibility index (Phi) is 8.07. The van der Waals surface area contributed by atoms with Crippen LogP contribution in [-0.2, 0) is 4.52 Å². The van der Waals surface area contributed by atoms with Crippen molar-refractivity contribution in [3.05, 3.63) is 102 Å². The Morgan fingerprint density at radius 2 is 1.30 bits per heavy atom. The monoisotopic (exact) mass is 470 g/mol. The van der Waals surface area contributed by atoms with E-state index in [4.69, 9.17) is 16.7 Å². The van der Waals surface area contributed by atoms with Crippen molar-refractivity contribution < 1.29 is 4.52 Å².